The zero-order chi connectivity index (χ0) is 23.4. The van der Waals surface area contributed by atoms with Gasteiger partial charge in [-0.1, -0.05) is 0 Å². The van der Waals surface area contributed by atoms with E-state index in [4.69, 9.17) is 40.1 Å². The lowest BCUT2D eigenvalue weighted by Crippen LogP contribution is -2.25. The molecule has 30 heavy (non-hydrogen) atoms. The zero-order valence-corrected chi connectivity index (χ0v) is 22.5. The maximum Gasteiger partial charge on any atom is 0.414 e. The van der Waals surface area contributed by atoms with Crippen molar-refractivity contribution in [1.82, 2.24) is 8.88 Å². The molecule has 0 spiro atoms. The topological polar surface area (TPSA) is 219 Å². The van der Waals surface area contributed by atoms with Gasteiger partial charge in [-0.05, 0) is 27.7 Å². The van der Waals surface area contributed by atoms with Crippen LogP contribution in [0.15, 0.2) is 13.5 Å². The van der Waals surface area contributed by atoms with Crippen molar-refractivity contribution in [3.63, 3.8) is 0 Å². The highest BCUT2D eigenvalue weighted by Gasteiger charge is 2.47. The van der Waals surface area contributed by atoms with E-state index in [-0.39, 0.29) is 26.4 Å². The van der Waals surface area contributed by atoms with Gasteiger partial charge in [0.05, 0.1) is 26.4 Å². The highest BCUT2D eigenvalue weighted by atomic mass is 31.3. The molecule has 0 aliphatic carbocycles. The molecule has 0 saturated carbocycles. The molecule has 0 fully saturated rings. The zero-order valence-electron chi connectivity index (χ0n) is 18.1. The number of hydrogen-bond acceptors (Lipinski definition) is 13. The van der Waals surface area contributed by atoms with Crippen molar-refractivity contribution < 1.29 is 27.2 Å². The average molecular weight is 531 g/mol. The third-order valence-electron chi connectivity index (χ3n) is 3.54. The Morgan fingerprint density at radius 1 is 0.667 bits per heavy atom. The number of nitrogens with two attached hydrogens (primary N) is 4. The molecule has 0 bridgehead atoms. The molecule has 0 aromatic heterocycles. The summed E-state index contributed by atoms with van der Waals surface area (Å²) in [5.41, 5.74) is 25.1. The van der Waals surface area contributed by atoms with Crippen molar-refractivity contribution in [3.8, 4) is 0 Å². The van der Waals surface area contributed by atoms with Crippen LogP contribution in [0.2, 0.25) is 0 Å². The maximum absolute atomic E-state index is 13.3. The van der Waals surface area contributed by atoms with E-state index in [2.05, 4.69) is 13.5 Å². The summed E-state index contributed by atoms with van der Waals surface area (Å²) in [6.07, 6.45) is 0. The summed E-state index contributed by atoms with van der Waals surface area (Å²) in [5, 5.41) is 0. The van der Waals surface area contributed by atoms with E-state index in [0.29, 0.717) is 0 Å². The second kappa shape index (κ2) is 10.8. The van der Waals surface area contributed by atoms with E-state index in [0.717, 1.165) is 8.88 Å². The van der Waals surface area contributed by atoms with Crippen LogP contribution in [-0.2, 0) is 27.2 Å². The minimum absolute atomic E-state index is 0.0736. The van der Waals surface area contributed by atoms with Crippen LogP contribution in [0.25, 0.3) is 0 Å². The van der Waals surface area contributed by atoms with Gasteiger partial charge in [-0.3, -0.25) is 40.1 Å². The predicted molar refractivity (Wildman–Crippen MR) is 122 cm³/mol. The maximum atomic E-state index is 13.3. The van der Waals surface area contributed by atoms with Crippen LogP contribution in [0.1, 0.15) is 27.7 Å². The van der Waals surface area contributed by atoms with Gasteiger partial charge in [0.2, 0.25) is 22.5 Å². The number of hydrogen-bond donors (Lipinski definition) is 4. The van der Waals surface area contributed by atoms with Gasteiger partial charge < -0.3 is 0 Å². The monoisotopic (exact) mass is 531 g/mol. The quantitative estimate of drug-likeness (QED) is 0.264. The van der Waals surface area contributed by atoms with Crippen LogP contribution in [0, 0.1) is 0 Å². The Balaban J connectivity index is 3.71. The fraction of sp³-hybridized carbons (Fsp3) is 1.00. The Bertz CT molecular complexity index is 813. The van der Waals surface area contributed by atoms with Gasteiger partial charge in [0, 0.05) is 14.1 Å². The molecule has 2 atom stereocenters. The van der Waals surface area contributed by atoms with Crippen molar-refractivity contribution in [3.05, 3.63) is 0 Å². The molecular formula is C10H34N9O6P5. The van der Waals surface area contributed by atoms with Crippen LogP contribution < -0.4 is 22.0 Å². The van der Waals surface area contributed by atoms with Crippen molar-refractivity contribution >= 4 is 38.0 Å². The van der Waals surface area contributed by atoms with Crippen LogP contribution >= 0.6 is 38.0 Å². The number of rotatable bonds is 12. The van der Waals surface area contributed by atoms with Crippen LogP contribution in [-0.4, -0.2) is 49.4 Å². The molecule has 0 aromatic rings. The smallest absolute Gasteiger partial charge is 0.297 e. The van der Waals surface area contributed by atoms with Gasteiger partial charge in [-0.25, -0.2) is 9.13 Å². The molecule has 1 aliphatic rings. The van der Waals surface area contributed by atoms with Crippen LogP contribution in [0.3, 0.4) is 0 Å². The lowest BCUT2D eigenvalue weighted by molar-refractivity contribution is 0.196. The minimum Gasteiger partial charge on any atom is -0.297 e. The summed E-state index contributed by atoms with van der Waals surface area (Å²) in [6.45, 7) is 6.86. The van der Waals surface area contributed by atoms with E-state index < -0.39 is 38.0 Å². The predicted octanol–water partition coefficient (Wildman–Crippen LogP) is 3.90. The first kappa shape index (κ1) is 28.8. The standard InChI is InChI=1S/C10H34N9O6P5/c1-7-22-29(20,23-8-2)18(5)27(13)15-26(11,12)16-28(14,17-27)19(6)30(21,24-9-3)25-10-4/h7-14H2,1-6H3. The largest absolute Gasteiger partial charge is 0.414 e. The fourth-order valence-corrected chi connectivity index (χ4v) is 17.1. The Labute approximate surface area is 178 Å². The van der Waals surface area contributed by atoms with Gasteiger partial charge in [-0.2, -0.15) is 13.5 Å². The third-order valence-corrected chi connectivity index (χ3v) is 18.4. The van der Waals surface area contributed by atoms with Gasteiger partial charge in [0.15, 0.2) is 0 Å². The van der Waals surface area contributed by atoms with Gasteiger partial charge in [0.1, 0.15) is 0 Å². The average Bonchev–Trinajstić information content (AvgIpc) is 2.59. The fourth-order valence-electron chi connectivity index (χ4n) is 2.28. The summed E-state index contributed by atoms with van der Waals surface area (Å²) in [6, 6.07) is 0. The van der Waals surface area contributed by atoms with E-state index in [9.17, 15) is 9.13 Å². The highest BCUT2D eigenvalue weighted by molar-refractivity contribution is 7.87. The Morgan fingerprint density at radius 3 is 1.27 bits per heavy atom. The summed E-state index contributed by atoms with van der Waals surface area (Å²) in [5.74, 6) is 0. The molecule has 0 amide bonds. The molecule has 0 radical (unpaired) electrons. The van der Waals surface area contributed by atoms with E-state index in [1.54, 1.807) is 27.7 Å². The molecule has 15 nitrogen and oxygen atoms in total. The first-order chi connectivity index (χ1) is 13.7. The Hall–Kier alpha value is 0.750. The van der Waals surface area contributed by atoms with Crippen molar-refractivity contribution in [1.29, 1.82) is 0 Å². The molecule has 1 heterocycles. The Kier molecular flexibility index (Phi) is 10.3. The lowest BCUT2D eigenvalue weighted by Gasteiger charge is -2.39. The van der Waals surface area contributed by atoms with Gasteiger partial charge in [0.25, 0.3) is 0 Å². The van der Waals surface area contributed by atoms with E-state index in [1.807, 2.05) is 0 Å². The molecule has 1 rings (SSSR count). The molecular weight excluding hydrogens is 497 g/mol. The molecule has 2 unspecified atom stereocenters. The minimum atomic E-state index is -3.91. The van der Waals surface area contributed by atoms with Crippen molar-refractivity contribution in [2.75, 3.05) is 40.5 Å². The Morgan fingerprint density at radius 2 is 0.967 bits per heavy atom. The molecule has 180 valence electrons. The van der Waals surface area contributed by atoms with Crippen molar-refractivity contribution in [2.45, 2.75) is 27.7 Å². The van der Waals surface area contributed by atoms with Gasteiger partial charge >= 0.3 is 15.5 Å². The summed E-state index contributed by atoms with van der Waals surface area (Å²) in [7, 11) is -15.7. The summed E-state index contributed by atoms with van der Waals surface area (Å²) < 4.78 is 62.8. The molecule has 8 N–H and O–H groups in total. The normalized spacial score (nSPS) is 26.9. The number of nitrogens with zero attached hydrogens (tertiary/aromatic N) is 5. The summed E-state index contributed by atoms with van der Waals surface area (Å²) in [4.78, 5) is 0. The molecule has 20 heteroatoms. The van der Waals surface area contributed by atoms with Gasteiger partial charge in [-0.15, -0.1) is 8.88 Å². The SMILES string of the molecule is CCOP(=O)(OCC)N(C)P1(N)=NP(N)(N)=NP(N)(N(C)P(=O)(OCC)OCC)=N1. The van der Waals surface area contributed by atoms with Crippen molar-refractivity contribution in [2.24, 2.45) is 35.6 Å². The second-order valence-electron chi connectivity index (χ2n) is 5.79. The van der Waals surface area contributed by atoms with Crippen LogP contribution in [0.5, 0.6) is 0 Å². The molecule has 1 aliphatic heterocycles. The molecule has 0 saturated heterocycles. The first-order valence-corrected chi connectivity index (χ1v) is 17.3. The summed E-state index contributed by atoms with van der Waals surface area (Å²) >= 11 is 0. The van der Waals surface area contributed by atoms with E-state index in [1.165, 1.54) is 14.1 Å². The van der Waals surface area contributed by atoms with Crippen LogP contribution in [0.4, 0.5) is 0 Å². The lowest BCUT2D eigenvalue weighted by atomic mass is 10.9. The molecule has 0 aromatic carbocycles. The third kappa shape index (κ3) is 6.41. The highest BCUT2D eigenvalue weighted by Crippen LogP contribution is 2.78. The second-order valence-corrected chi connectivity index (χ2v) is 17.7. The van der Waals surface area contributed by atoms with E-state index >= 15 is 0 Å². The first-order valence-electron chi connectivity index (χ1n) is 9.01.